The van der Waals surface area contributed by atoms with E-state index in [0.717, 1.165) is 5.69 Å². The monoisotopic (exact) mass is 286 g/mol. The van der Waals surface area contributed by atoms with E-state index in [0.29, 0.717) is 5.82 Å². The molecule has 110 valence electrons. The number of hydrogen-bond donors (Lipinski definition) is 2. The van der Waals surface area contributed by atoms with E-state index in [2.05, 4.69) is 31.1 Å². The van der Waals surface area contributed by atoms with Crippen LogP contribution >= 0.6 is 0 Å². The lowest BCUT2D eigenvalue weighted by Gasteiger charge is -2.19. The predicted octanol–water partition coefficient (Wildman–Crippen LogP) is 3.61. The Morgan fingerprint density at radius 1 is 1.19 bits per heavy atom. The average Bonchev–Trinajstić information content (AvgIpc) is 2.37. The molecule has 0 amide bonds. The summed E-state index contributed by atoms with van der Waals surface area (Å²) in [6, 6.07) is 10.4. The number of rotatable bonds is 3. The Morgan fingerprint density at radius 2 is 1.81 bits per heavy atom. The van der Waals surface area contributed by atoms with Crippen LogP contribution < -0.4 is 11.1 Å². The molecule has 1 heterocycles. The van der Waals surface area contributed by atoms with Gasteiger partial charge in [0.15, 0.2) is 0 Å². The molecular weight excluding hydrogens is 268 g/mol. The molecule has 0 radical (unpaired) electrons. The molecular formula is C15H18N4O2. The Morgan fingerprint density at radius 3 is 2.33 bits per heavy atom. The molecule has 21 heavy (non-hydrogen) atoms. The van der Waals surface area contributed by atoms with Crippen molar-refractivity contribution in [2.24, 2.45) is 0 Å². The van der Waals surface area contributed by atoms with Crippen molar-refractivity contribution in [1.29, 1.82) is 0 Å². The summed E-state index contributed by atoms with van der Waals surface area (Å²) in [5.41, 5.74) is 7.58. The van der Waals surface area contributed by atoms with Crippen LogP contribution in [0.1, 0.15) is 26.3 Å². The van der Waals surface area contributed by atoms with E-state index in [9.17, 15) is 10.1 Å². The summed E-state index contributed by atoms with van der Waals surface area (Å²) in [6.07, 6.45) is 0. The molecule has 0 aliphatic carbocycles. The number of hydrogen-bond acceptors (Lipinski definition) is 5. The SMILES string of the molecule is CC(C)(C)c1ccc(Nc2cc([N+](=O)[O-])cc(N)n2)cc1. The quantitative estimate of drug-likeness (QED) is 0.664. The van der Waals surface area contributed by atoms with Crippen LogP contribution in [0.3, 0.4) is 0 Å². The molecule has 0 saturated heterocycles. The smallest absolute Gasteiger partial charge is 0.276 e. The Bertz CT molecular complexity index is 660. The molecule has 0 aliphatic rings. The van der Waals surface area contributed by atoms with Crippen molar-refractivity contribution < 1.29 is 4.92 Å². The maximum atomic E-state index is 10.8. The molecule has 6 nitrogen and oxygen atoms in total. The Hall–Kier alpha value is -2.63. The first-order valence-corrected chi connectivity index (χ1v) is 6.55. The Labute approximate surface area is 123 Å². The molecule has 1 aromatic heterocycles. The highest BCUT2D eigenvalue weighted by molar-refractivity contribution is 5.61. The number of nitro groups is 1. The van der Waals surface area contributed by atoms with E-state index >= 15 is 0 Å². The molecule has 2 rings (SSSR count). The molecule has 0 bridgehead atoms. The zero-order valence-electron chi connectivity index (χ0n) is 12.3. The Kier molecular flexibility index (Phi) is 3.80. The summed E-state index contributed by atoms with van der Waals surface area (Å²) in [7, 11) is 0. The fraction of sp³-hybridized carbons (Fsp3) is 0.267. The van der Waals surface area contributed by atoms with E-state index in [-0.39, 0.29) is 16.9 Å². The van der Waals surface area contributed by atoms with Gasteiger partial charge >= 0.3 is 0 Å². The zero-order chi connectivity index (χ0) is 15.6. The van der Waals surface area contributed by atoms with Gasteiger partial charge in [0.25, 0.3) is 5.69 Å². The second-order valence-corrected chi connectivity index (χ2v) is 5.84. The van der Waals surface area contributed by atoms with Crippen LogP contribution in [0.2, 0.25) is 0 Å². The average molecular weight is 286 g/mol. The number of pyridine rings is 1. The summed E-state index contributed by atoms with van der Waals surface area (Å²) in [6.45, 7) is 6.41. The number of nitrogens with one attached hydrogen (secondary N) is 1. The second-order valence-electron chi connectivity index (χ2n) is 5.84. The number of anilines is 3. The summed E-state index contributed by atoms with van der Waals surface area (Å²) < 4.78 is 0. The van der Waals surface area contributed by atoms with Gasteiger partial charge in [0.1, 0.15) is 11.6 Å². The highest BCUT2D eigenvalue weighted by Crippen LogP contribution is 2.26. The van der Waals surface area contributed by atoms with E-state index < -0.39 is 4.92 Å². The van der Waals surface area contributed by atoms with Crippen molar-refractivity contribution >= 4 is 23.0 Å². The zero-order valence-corrected chi connectivity index (χ0v) is 12.3. The van der Waals surface area contributed by atoms with E-state index in [4.69, 9.17) is 5.73 Å². The number of nitrogens with zero attached hydrogens (tertiary/aromatic N) is 2. The van der Waals surface area contributed by atoms with Gasteiger partial charge in [-0.15, -0.1) is 0 Å². The van der Waals surface area contributed by atoms with Gasteiger partial charge in [0, 0.05) is 5.69 Å². The molecule has 2 aromatic rings. The van der Waals surface area contributed by atoms with Gasteiger partial charge in [-0.3, -0.25) is 10.1 Å². The minimum atomic E-state index is -0.494. The molecule has 0 atom stereocenters. The summed E-state index contributed by atoms with van der Waals surface area (Å²) in [5, 5.41) is 13.8. The number of nitrogens with two attached hydrogens (primary N) is 1. The third-order valence-corrected chi connectivity index (χ3v) is 3.06. The van der Waals surface area contributed by atoms with Gasteiger partial charge in [0.05, 0.1) is 17.1 Å². The van der Waals surface area contributed by atoms with Crippen LogP contribution in [0, 0.1) is 10.1 Å². The summed E-state index contributed by atoms with van der Waals surface area (Å²) in [5.74, 6) is 0.461. The maximum absolute atomic E-state index is 10.8. The van der Waals surface area contributed by atoms with Gasteiger partial charge < -0.3 is 11.1 Å². The summed E-state index contributed by atoms with van der Waals surface area (Å²) >= 11 is 0. The molecule has 0 saturated carbocycles. The van der Waals surface area contributed by atoms with Gasteiger partial charge in [-0.1, -0.05) is 32.9 Å². The van der Waals surface area contributed by atoms with Crippen LogP contribution in [0.25, 0.3) is 0 Å². The second kappa shape index (κ2) is 5.40. The third kappa shape index (κ3) is 3.68. The standard InChI is InChI=1S/C15H18N4O2/c1-15(2,3)10-4-6-11(7-5-10)17-14-9-12(19(20)21)8-13(16)18-14/h4-9H,1-3H3,(H3,16,17,18). The first-order chi connectivity index (χ1) is 9.75. The molecule has 6 heteroatoms. The van der Waals surface area contributed by atoms with E-state index in [1.165, 1.54) is 17.7 Å². The van der Waals surface area contributed by atoms with Crippen LogP contribution in [0.4, 0.5) is 23.0 Å². The highest BCUT2D eigenvalue weighted by atomic mass is 16.6. The van der Waals surface area contributed by atoms with E-state index in [1.807, 2.05) is 24.3 Å². The van der Waals surface area contributed by atoms with Gasteiger partial charge in [-0.25, -0.2) is 4.98 Å². The lowest BCUT2D eigenvalue weighted by molar-refractivity contribution is -0.384. The Balaban J connectivity index is 2.24. The molecule has 0 spiro atoms. The number of benzene rings is 1. The lowest BCUT2D eigenvalue weighted by Crippen LogP contribution is -2.10. The first-order valence-electron chi connectivity index (χ1n) is 6.55. The first kappa shape index (κ1) is 14.8. The minimum Gasteiger partial charge on any atom is -0.383 e. The lowest BCUT2D eigenvalue weighted by atomic mass is 9.87. The van der Waals surface area contributed by atoms with E-state index in [1.54, 1.807) is 0 Å². The van der Waals surface area contributed by atoms with Crippen molar-refractivity contribution in [1.82, 2.24) is 4.98 Å². The normalized spacial score (nSPS) is 11.2. The molecule has 1 aromatic carbocycles. The van der Waals surface area contributed by atoms with Crippen molar-refractivity contribution in [2.45, 2.75) is 26.2 Å². The van der Waals surface area contributed by atoms with Crippen LogP contribution in [-0.4, -0.2) is 9.91 Å². The fourth-order valence-electron chi connectivity index (χ4n) is 1.91. The molecule has 0 aliphatic heterocycles. The van der Waals surface area contributed by atoms with Gasteiger partial charge in [-0.2, -0.15) is 0 Å². The van der Waals surface area contributed by atoms with Crippen LogP contribution in [0.15, 0.2) is 36.4 Å². The number of nitrogen functional groups attached to an aromatic ring is 1. The van der Waals surface area contributed by atoms with Crippen molar-refractivity contribution in [3.05, 3.63) is 52.1 Å². The van der Waals surface area contributed by atoms with Crippen molar-refractivity contribution in [2.75, 3.05) is 11.1 Å². The van der Waals surface area contributed by atoms with Gasteiger partial charge in [-0.05, 0) is 23.1 Å². The van der Waals surface area contributed by atoms with Crippen LogP contribution in [-0.2, 0) is 5.41 Å². The van der Waals surface area contributed by atoms with Gasteiger partial charge in [0.2, 0.25) is 0 Å². The number of aromatic nitrogens is 1. The topological polar surface area (TPSA) is 94.1 Å². The molecule has 0 unspecified atom stereocenters. The third-order valence-electron chi connectivity index (χ3n) is 3.06. The van der Waals surface area contributed by atoms with Crippen molar-refractivity contribution in [3.8, 4) is 0 Å². The molecule has 3 N–H and O–H groups in total. The molecule has 0 fully saturated rings. The highest BCUT2D eigenvalue weighted by Gasteiger charge is 2.13. The predicted molar refractivity (Wildman–Crippen MR) is 83.7 cm³/mol. The maximum Gasteiger partial charge on any atom is 0.276 e. The summed E-state index contributed by atoms with van der Waals surface area (Å²) in [4.78, 5) is 14.4. The largest absolute Gasteiger partial charge is 0.383 e. The fourth-order valence-corrected chi connectivity index (χ4v) is 1.91. The van der Waals surface area contributed by atoms with Crippen molar-refractivity contribution in [3.63, 3.8) is 0 Å². The minimum absolute atomic E-state index is 0.0761. The van der Waals surface area contributed by atoms with Crippen LogP contribution in [0.5, 0.6) is 0 Å².